The molecule has 2 heterocycles. The second-order valence-corrected chi connectivity index (χ2v) is 7.40. The van der Waals surface area contributed by atoms with Crippen LogP contribution in [0.1, 0.15) is 43.0 Å². The Kier molecular flexibility index (Phi) is 6.40. The summed E-state index contributed by atoms with van der Waals surface area (Å²) in [4.78, 5) is 33.7. The van der Waals surface area contributed by atoms with Crippen molar-refractivity contribution in [3.63, 3.8) is 0 Å². The van der Waals surface area contributed by atoms with Crippen LogP contribution in [0.4, 0.5) is 17.3 Å². The number of anilines is 2. The number of nitrogens with zero attached hydrogens (tertiary/aromatic N) is 4. The van der Waals surface area contributed by atoms with E-state index in [9.17, 15) is 14.9 Å². The lowest BCUT2D eigenvalue weighted by Gasteiger charge is -2.35. The fourth-order valence-electron chi connectivity index (χ4n) is 3.33. The molecule has 0 saturated carbocycles. The van der Waals surface area contributed by atoms with Gasteiger partial charge in [0.2, 0.25) is 11.6 Å². The van der Waals surface area contributed by atoms with E-state index >= 15 is 0 Å². The zero-order valence-electron chi connectivity index (χ0n) is 15.4. The predicted molar refractivity (Wildman–Crippen MR) is 109 cm³/mol. The first-order chi connectivity index (χ1) is 13.5. The van der Waals surface area contributed by atoms with Gasteiger partial charge in [-0.2, -0.15) is 0 Å². The average molecular weight is 449 g/mol. The number of nitrogens with one attached hydrogen (secondary N) is 2. The zero-order chi connectivity index (χ0) is 20.1. The summed E-state index contributed by atoms with van der Waals surface area (Å²) in [6.07, 6.45) is 5.19. The van der Waals surface area contributed by atoms with E-state index in [2.05, 4.69) is 43.7 Å². The van der Waals surface area contributed by atoms with Crippen molar-refractivity contribution in [1.82, 2.24) is 15.4 Å². The van der Waals surface area contributed by atoms with E-state index < -0.39 is 10.8 Å². The summed E-state index contributed by atoms with van der Waals surface area (Å²) >= 11 is 3.31. The minimum atomic E-state index is -0.509. The van der Waals surface area contributed by atoms with Gasteiger partial charge < -0.3 is 4.90 Å². The molecule has 0 aliphatic carbocycles. The Bertz CT molecular complexity index is 861. The summed E-state index contributed by atoms with van der Waals surface area (Å²) in [5, 5.41) is 11.8. The van der Waals surface area contributed by atoms with Crippen LogP contribution in [-0.2, 0) is 0 Å². The number of hydrogen-bond acceptors (Lipinski definition) is 7. The Balaban J connectivity index is 1.84. The van der Waals surface area contributed by atoms with Crippen LogP contribution in [0, 0.1) is 10.1 Å². The lowest BCUT2D eigenvalue weighted by Crippen LogP contribution is -2.40. The molecule has 0 radical (unpaired) electrons. The Morgan fingerprint density at radius 1 is 1.32 bits per heavy atom. The number of amides is 1. The Morgan fingerprint density at radius 3 is 2.75 bits per heavy atom. The second kappa shape index (κ2) is 8.96. The molecule has 9 nitrogen and oxygen atoms in total. The quantitative estimate of drug-likeness (QED) is 0.511. The molecule has 0 bridgehead atoms. The Morgan fingerprint density at radius 2 is 2.07 bits per heavy atom. The van der Waals surface area contributed by atoms with Crippen molar-refractivity contribution in [1.29, 1.82) is 0 Å². The maximum Gasteiger partial charge on any atom is 0.355 e. The van der Waals surface area contributed by atoms with Gasteiger partial charge in [0.15, 0.2) is 0 Å². The van der Waals surface area contributed by atoms with Gasteiger partial charge in [-0.25, -0.2) is 9.97 Å². The van der Waals surface area contributed by atoms with Gasteiger partial charge in [-0.05, 0) is 49.9 Å². The number of hydrogen-bond donors (Lipinski definition) is 2. The van der Waals surface area contributed by atoms with E-state index in [0.29, 0.717) is 12.1 Å². The first-order valence-corrected chi connectivity index (χ1v) is 9.88. The van der Waals surface area contributed by atoms with Crippen LogP contribution in [0.5, 0.6) is 0 Å². The molecule has 148 valence electrons. The summed E-state index contributed by atoms with van der Waals surface area (Å²) in [5.74, 6) is -0.181. The highest BCUT2D eigenvalue weighted by molar-refractivity contribution is 9.10. The zero-order valence-corrected chi connectivity index (χ0v) is 17.0. The molecule has 1 atom stereocenters. The maximum absolute atomic E-state index is 12.3. The van der Waals surface area contributed by atoms with Gasteiger partial charge in [-0.3, -0.25) is 25.8 Å². The van der Waals surface area contributed by atoms with Crippen LogP contribution in [0.2, 0.25) is 0 Å². The minimum absolute atomic E-state index is 0.0408. The summed E-state index contributed by atoms with van der Waals surface area (Å²) in [5.41, 5.74) is 5.23. The molecular weight excluding hydrogens is 428 g/mol. The van der Waals surface area contributed by atoms with Gasteiger partial charge in [0.05, 0.1) is 4.92 Å². The molecule has 1 unspecified atom stereocenters. The highest BCUT2D eigenvalue weighted by Gasteiger charge is 2.32. The van der Waals surface area contributed by atoms with Crippen molar-refractivity contribution in [2.75, 3.05) is 16.9 Å². The third-order valence-electron chi connectivity index (χ3n) is 4.76. The van der Waals surface area contributed by atoms with Crippen molar-refractivity contribution in [3.8, 4) is 0 Å². The molecule has 1 fully saturated rings. The molecule has 1 aliphatic heterocycles. The average Bonchev–Trinajstić information content (AvgIpc) is 2.72. The lowest BCUT2D eigenvalue weighted by molar-refractivity contribution is -0.383. The summed E-state index contributed by atoms with van der Waals surface area (Å²) in [7, 11) is 0. The van der Waals surface area contributed by atoms with Gasteiger partial charge in [0, 0.05) is 22.6 Å². The van der Waals surface area contributed by atoms with E-state index in [4.69, 9.17) is 0 Å². The van der Waals surface area contributed by atoms with Gasteiger partial charge in [-0.1, -0.05) is 22.9 Å². The molecule has 10 heteroatoms. The van der Waals surface area contributed by atoms with Crippen LogP contribution in [0.15, 0.2) is 35.1 Å². The number of aromatic nitrogens is 2. The van der Waals surface area contributed by atoms with Gasteiger partial charge >= 0.3 is 5.69 Å². The second-order valence-electron chi connectivity index (χ2n) is 6.49. The van der Waals surface area contributed by atoms with Gasteiger partial charge in [0.1, 0.15) is 6.33 Å². The number of piperidine rings is 1. The van der Waals surface area contributed by atoms with Gasteiger partial charge in [0.25, 0.3) is 5.91 Å². The molecule has 1 aromatic heterocycles. The SMILES string of the molecule is CCC1CCCCN1c1ncnc(NNC(=O)c2ccc(Br)cc2)c1[N+](=O)[O-]. The van der Waals surface area contributed by atoms with E-state index in [-0.39, 0.29) is 23.4 Å². The van der Waals surface area contributed by atoms with Crippen LogP contribution in [0.3, 0.4) is 0 Å². The van der Waals surface area contributed by atoms with Crippen molar-refractivity contribution in [3.05, 3.63) is 50.7 Å². The van der Waals surface area contributed by atoms with Crippen LogP contribution >= 0.6 is 15.9 Å². The van der Waals surface area contributed by atoms with Crippen LogP contribution in [-0.4, -0.2) is 33.4 Å². The molecule has 1 aromatic carbocycles. The Hall–Kier alpha value is -2.75. The van der Waals surface area contributed by atoms with E-state index in [1.54, 1.807) is 24.3 Å². The summed E-state index contributed by atoms with van der Waals surface area (Å²) in [6.45, 7) is 2.77. The summed E-state index contributed by atoms with van der Waals surface area (Å²) in [6, 6.07) is 6.96. The fourth-order valence-corrected chi connectivity index (χ4v) is 3.60. The highest BCUT2D eigenvalue weighted by Crippen LogP contribution is 2.35. The lowest BCUT2D eigenvalue weighted by atomic mass is 10.00. The smallest absolute Gasteiger partial charge is 0.348 e. The maximum atomic E-state index is 12.3. The fraction of sp³-hybridized carbons (Fsp3) is 0.389. The molecule has 2 aromatic rings. The van der Waals surface area contributed by atoms with Crippen molar-refractivity contribution < 1.29 is 9.72 Å². The first kappa shape index (κ1) is 20.0. The number of carbonyl (C=O) groups is 1. The molecule has 3 rings (SSSR count). The molecule has 2 N–H and O–H groups in total. The molecule has 0 spiro atoms. The van der Waals surface area contributed by atoms with Crippen LogP contribution < -0.4 is 15.8 Å². The Labute approximate surface area is 170 Å². The van der Waals surface area contributed by atoms with E-state index in [1.807, 2.05) is 4.90 Å². The van der Waals surface area contributed by atoms with Crippen molar-refractivity contribution >= 4 is 39.2 Å². The molecule has 1 saturated heterocycles. The molecule has 1 amide bonds. The standard InChI is InChI=1S/C18H21BrN6O3/c1-2-14-5-3-4-10-24(14)17-15(25(27)28)16(20-11-21-17)22-23-18(26)12-6-8-13(19)9-7-12/h6-9,11,14H,2-5,10H2,1H3,(H,23,26)(H,20,21,22). The minimum Gasteiger partial charge on any atom is -0.348 e. The van der Waals surface area contributed by atoms with Crippen molar-refractivity contribution in [2.24, 2.45) is 0 Å². The van der Waals surface area contributed by atoms with Gasteiger partial charge in [-0.15, -0.1) is 0 Å². The topological polar surface area (TPSA) is 113 Å². The van der Waals surface area contributed by atoms with Crippen LogP contribution in [0.25, 0.3) is 0 Å². The number of rotatable bonds is 6. The number of halogens is 1. The number of nitro groups is 1. The third kappa shape index (κ3) is 4.38. The van der Waals surface area contributed by atoms with E-state index in [1.165, 1.54) is 6.33 Å². The monoisotopic (exact) mass is 448 g/mol. The summed E-state index contributed by atoms with van der Waals surface area (Å²) < 4.78 is 0.847. The third-order valence-corrected chi connectivity index (χ3v) is 5.29. The predicted octanol–water partition coefficient (Wildman–Crippen LogP) is 3.67. The molecule has 1 aliphatic rings. The van der Waals surface area contributed by atoms with E-state index in [0.717, 1.165) is 30.2 Å². The van der Waals surface area contributed by atoms with Crippen molar-refractivity contribution in [2.45, 2.75) is 38.6 Å². The number of carbonyl (C=O) groups excluding carboxylic acids is 1. The largest absolute Gasteiger partial charge is 0.355 e. The number of hydrazine groups is 1. The first-order valence-electron chi connectivity index (χ1n) is 9.09. The normalized spacial score (nSPS) is 16.5. The molecule has 28 heavy (non-hydrogen) atoms. The molecular formula is C18H21BrN6O3. The highest BCUT2D eigenvalue weighted by atomic mass is 79.9. The number of benzene rings is 1.